The van der Waals surface area contributed by atoms with Gasteiger partial charge in [0.1, 0.15) is 0 Å². The monoisotopic (exact) mass is 378 g/mol. The Kier molecular flexibility index (Phi) is 7.77. The molecule has 1 aromatic heterocycles. The van der Waals surface area contributed by atoms with Crippen LogP contribution in [0.3, 0.4) is 0 Å². The number of morpholine rings is 1. The molecule has 1 atom stereocenters. The molecule has 5 nitrogen and oxygen atoms in total. The van der Waals surface area contributed by atoms with Gasteiger partial charge < -0.3 is 15.4 Å². The number of guanidine groups is 1. The van der Waals surface area contributed by atoms with Gasteiger partial charge in [-0.25, -0.2) is 0 Å². The van der Waals surface area contributed by atoms with Crippen molar-refractivity contribution in [2.24, 2.45) is 10.9 Å². The van der Waals surface area contributed by atoms with Crippen LogP contribution >= 0.6 is 11.3 Å². The number of ether oxygens (including phenoxy) is 1. The Bertz CT molecular complexity index is 534. The van der Waals surface area contributed by atoms with E-state index in [1.807, 2.05) is 11.3 Å². The Morgan fingerprint density at radius 1 is 1.31 bits per heavy atom. The lowest BCUT2D eigenvalue weighted by molar-refractivity contribution is 0.0186. The standard InChI is InChI=1S/C20H34N4OS/c1-3-21-20(23-17-8-6-16(2)7-9-17)22-15-18(19-5-4-14-26-19)24-10-12-25-13-11-24/h4-5,14,16-18H,3,6-13,15H2,1-2H3,(H2,21,22,23). The van der Waals surface area contributed by atoms with Gasteiger partial charge in [0.25, 0.3) is 0 Å². The molecule has 0 spiro atoms. The normalized spacial score (nSPS) is 26.5. The Labute approximate surface area is 162 Å². The van der Waals surface area contributed by atoms with Gasteiger partial charge >= 0.3 is 0 Å². The topological polar surface area (TPSA) is 48.9 Å². The molecular formula is C20H34N4OS. The molecule has 2 N–H and O–H groups in total. The summed E-state index contributed by atoms with van der Waals surface area (Å²) < 4.78 is 5.54. The first kappa shape index (κ1) is 19.6. The molecule has 1 aromatic rings. The van der Waals surface area contributed by atoms with Crippen LogP contribution in [0.1, 0.15) is 50.4 Å². The van der Waals surface area contributed by atoms with E-state index < -0.39 is 0 Å². The minimum absolute atomic E-state index is 0.348. The van der Waals surface area contributed by atoms with Crippen molar-refractivity contribution in [3.8, 4) is 0 Å². The van der Waals surface area contributed by atoms with Crippen LogP contribution in [-0.2, 0) is 4.74 Å². The molecule has 0 aromatic carbocycles. The van der Waals surface area contributed by atoms with E-state index in [0.717, 1.165) is 51.3 Å². The number of thiophene rings is 1. The lowest BCUT2D eigenvalue weighted by Gasteiger charge is -2.33. The zero-order valence-corrected chi connectivity index (χ0v) is 17.1. The fourth-order valence-electron chi connectivity index (χ4n) is 3.85. The van der Waals surface area contributed by atoms with Gasteiger partial charge in [0.2, 0.25) is 0 Å². The first-order chi connectivity index (χ1) is 12.8. The maximum atomic E-state index is 5.54. The van der Waals surface area contributed by atoms with Crippen LogP contribution in [0.15, 0.2) is 22.5 Å². The second-order valence-corrected chi connectivity index (χ2v) is 8.48. The highest BCUT2D eigenvalue weighted by Crippen LogP contribution is 2.26. The summed E-state index contributed by atoms with van der Waals surface area (Å²) in [5.41, 5.74) is 0. The van der Waals surface area contributed by atoms with E-state index in [4.69, 9.17) is 9.73 Å². The summed E-state index contributed by atoms with van der Waals surface area (Å²) in [5.74, 6) is 1.85. The van der Waals surface area contributed by atoms with Crippen molar-refractivity contribution in [3.63, 3.8) is 0 Å². The average molecular weight is 379 g/mol. The zero-order chi connectivity index (χ0) is 18.2. The number of nitrogens with zero attached hydrogens (tertiary/aromatic N) is 2. The molecule has 2 heterocycles. The molecule has 146 valence electrons. The van der Waals surface area contributed by atoms with E-state index in [2.05, 4.69) is 46.9 Å². The highest BCUT2D eigenvalue weighted by molar-refractivity contribution is 7.10. The summed E-state index contributed by atoms with van der Waals surface area (Å²) in [6, 6.07) is 5.29. The predicted octanol–water partition coefficient (Wildman–Crippen LogP) is 3.26. The first-order valence-electron chi connectivity index (χ1n) is 10.2. The highest BCUT2D eigenvalue weighted by atomic mass is 32.1. The minimum atomic E-state index is 0.348. The third kappa shape index (κ3) is 5.69. The number of rotatable bonds is 6. The summed E-state index contributed by atoms with van der Waals surface area (Å²) >= 11 is 1.83. The van der Waals surface area contributed by atoms with E-state index in [1.165, 1.54) is 30.6 Å². The van der Waals surface area contributed by atoms with Gasteiger partial charge in [-0.1, -0.05) is 13.0 Å². The summed E-state index contributed by atoms with van der Waals surface area (Å²) in [6.45, 7) is 9.82. The Morgan fingerprint density at radius 2 is 2.08 bits per heavy atom. The molecular weight excluding hydrogens is 344 g/mol. The van der Waals surface area contributed by atoms with E-state index in [0.29, 0.717) is 12.1 Å². The van der Waals surface area contributed by atoms with Crippen molar-refractivity contribution < 1.29 is 4.74 Å². The van der Waals surface area contributed by atoms with Crippen LogP contribution in [0.5, 0.6) is 0 Å². The van der Waals surface area contributed by atoms with Gasteiger partial charge in [-0.2, -0.15) is 0 Å². The number of aliphatic imine (C=N–C) groups is 1. The molecule has 2 aliphatic rings. The van der Waals surface area contributed by atoms with Gasteiger partial charge in [0, 0.05) is 30.6 Å². The summed E-state index contributed by atoms with van der Waals surface area (Å²) in [5, 5.41) is 9.29. The van der Waals surface area contributed by atoms with E-state index in [9.17, 15) is 0 Å². The molecule has 0 bridgehead atoms. The van der Waals surface area contributed by atoms with Gasteiger partial charge in [-0.3, -0.25) is 9.89 Å². The summed E-state index contributed by atoms with van der Waals surface area (Å²) in [7, 11) is 0. The van der Waals surface area contributed by atoms with Crippen molar-refractivity contribution >= 4 is 17.3 Å². The molecule has 0 radical (unpaired) electrons. The van der Waals surface area contributed by atoms with E-state index >= 15 is 0 Å². The fourth-order valence-corrected chi connectivity index (χ4v) is 4.70. The highest BCUT2D eigenvalue weighted by Gasteiger charge is 2.24. The zero-order valence-electron chi connectivity index (χ0n) is 16.2. The van der Waals surface area contributed by atoms with Crippen molar-refractivity contribution in [1.29, 1.82) is 0 Å². The number of nitrogens with one attached hydrogen (secondary N) is 2. The average Bonchev–Trinajstić information content (AvgIpc) is 3.19. The molecule has 1 aliphatic carbocycles. The van der Waals surface area contributed by atoms with E-state index in [-0.39, 0.29) is 0 Å². The van der Waals surface area contributed by atoms with Crippen LogP contribution < -0.4 is 10.6 Å². The second-order valence-electron chi connectivity index (χ2n) is 7.50. The first-order valence-corrected chi connectivity index (χ1v) is 11.0. The molecule has 1 saturated carbocycles. The van der Waals surface area contributed by atoms with Gasteiger partial charge in [-0.05, 0) is 50.0 Å². The Balaban J connectivity index is 1.64. The molecule has 0 amide bonds. The van der Waals surface area contributed by atoms with E-state index in [1.54, 1.807) is 0 Å². The molecule has 3 rings (SSSR count). The van der Waals surface area contributed by atoms with Crippen molar-refractivity contribution in [3.05, 3.63) is 22.4 Å². The third-order valence-electron chi connectivity index (χ3n) is 5.48. The van der Waals surface area contributed by atoms with Crippen LogP contribution in [0.25, 0.3) is 0 Å². The third-order valence-corrected chi connectivity index (χ3v) is 6.45. The molecule has 2 fully saturated rings. The van der Waals surface area contributed by atoms with Crippen LogP contribution in [0.2, 0.25) is 0 Å². The maximum absolute atomic E-state index is 5.54. The van der Waals surface area contributed by atoms with Crippen LogP contribution in [0.4, 0.5) is 0 Å². The maximum Gasteiger partial charge on any atom is 0.191 e. The Hall–Kier alpha value is -1.11. The van der Waals surface area contributed by atoms with Crippen LogP contribution in [-0.4, -0.2) is 56.3 Å². The molecule has 26 heavy (non-hydrogen) atoms. The van der Waals surface area contributed by atoms with Crippen LogP contribution in [0, 0.1) is 5.92 Å². The minimum Gasteiger partial charge on any atom is -0.379 e. The molecule has 6 heteroatoms. The molecule has 1 saturated heterocycles. The van der Waals surface area contributed by atoms with Crippen molar-refractivity contribution in [1.82, 2.24) is 15.5 Å². The largest absolute Gasteiger partial charge is 0.379 e. The molecule has 1 aliphatic heterocycles. The Morgan fingerprint density at radius 3 is 2.73 bits per heavy atom. The fraction of sp³-hybridized carbons (Fsp3) is 0.750. The number of hydrogen-bond donors (Lipinski definition) is 2. The lowest BCUT2D eigenvalue weighted by Crippen LogP contribution is -2.45. The summed E-state index contributed by atoms with van der Waals surface area (Å²) in [6.07, 6.45) is 5.15. The van der Waals surface area contributed by atoms with Gasteiger partial charge in [0.15, 0.2) is 5.96 Å². The molecule has 1 unspecified atom stereocenters. The van der Waals surface area contributed by atoms with Gasteiger partial charge in [0.05, 0.1) is 25.8 Å². The SMILES string of the molecule is CCNC(=NCC(c1cccs1)N1CCOCC1)NC1CCC(C)CC1. The predicted molar refractivity (Wildman–Crippen MR) is 110 cm³/mol. The van der Waals surface area contributed by atoms with Gasteiger partial charge in [-0.15, -0.1) is 11.3 Å². The smallest absolute Gasteiger partial charge is 0.191 e. The van der Waals surface area contributed by atoms with Crippen molar-refractivity contribution in [2.45, 2.75) is 51.6 Å². The quantitative estimate of drug-likeness (QED) is 0.589. The van der Waals surface area contributed by atoms with Crippen molar-refractivity contribution in [2.75, 3.05) is 39.4 Å². The summed E-state index contributed by atoms with van der Waals surface area (Å²) in [4.78, 5) is 8.90. The lowest BCUT2D eigenvalue weighted by atomic mass is 9.87. The second kappa shape index (κ2) is 10.3. The number of hydrogen-bond acceptors (Lipinski definition) is 4.